The highest BCUT2D eigenvalue weighted by atomic mass is 79.9. The van der Waals surface area contributed by atoms with Gasteiger partial charge in [-0.1, -0.05) is 0 Å². The Hall–Kier alpha value is -1.69. The van der Waals surface area contributed by atoms with Gasteiger partial charge >= 0.3 is 5.97 Å². The Morgan fingerprint density at radius 3 is 2.75 bits per heavy atom. The zero-order chi connectivity index (χ0) is 11.7. The number of nitrogens with zero attached hydrogens (tertiary/aromatic N) is 1. The maximum Gasteiger partial charge on any atom is 0.353 e. The molecule has 0 saturated carbocycles. The average Bonchev–Trinajstić information content (AvgIpc) is 2.66. The maximum atomic E-state index is 12.8. The van der Waals surface area contributed by atoms with Crippen molar-refractivity contribution in [2.24, 2.45) is 0 Å². The van der Waals surface area contributed by atoms with E-state index in [0.717, 1.165) is 0 Å². The first-order valence-corrected chi connectivity index (χ1v) is 5.11. The molecule has 0 amide bonds. The van der Waals surface area contributed by atoms with E-state index in [1.54, 1.807) is 0 Å². The number of aromatic carboxylic acids is 1. The van der Waals surface area contributed by atoms with E-state index in [-0.39, 0.29) is 11.5 Å². The summed E-state index contributed by atoms with van der Waals surface area (Å²) in [6, 6.07) is 5.50. The van der Waals surface area contributed by atoms with Crippen LogP contribution in [-0.4, -0.2) is 21.3 Å². The van der Waals surface area contributed by atoms with Crippen LogP contribution in [0.25, 0.3) is 11.3 Å². The summed E-state index contributed by atoms with van der Waals surface area (Å²) in [6.45, 7) is 0. The van der Waals surface area contributed by atoms with E-state index in [9.17, 15) is 9.18 Å². The second-order valence-corrected chi connectivity index (χ2v) is 3.95. The number of rotatable bonds is 2. The highest BCUT2D eigenvalue weighted by Gasteiger charge is 2.11. The summed E-state index contributed by atoms with van der Waals surface area (Å²) in [6.07, 6.45) is 0. The molecular formula is C10H6BrFN2O2. The van der Waals surface area contributed by atoms with Crippen LogP contribution in [0.1, 0.15) is 10.5 Å². The second kappa shape index (κ2) is 4.05. The second-order valence-electron chi connectivity index (χ2n) is 3.10. The van der Waals surface area contributed by atoms with Gasteiger partial charge in [0.2, 0.25) is 0 Å². The van der Waals surface area contributed by atoms with Gasteiger partial charge in [0, 0.05) is 10.0 Å². The van der Waals surface area contributed by atoms with Gasteiger partial charge in [-0.05, 0) is 40.2 Å². The lowest BCUT2D eigenvalue weighted by molar-refractivity contribution is 0.0690. The van der Waals surface area contributed by atoms with Crippen molar-refractivity contribution in [3.05, 3.63) is 40.2 Å². The predicted octanol–water partition coefficient (Wildman–Crippen LogP) is 2.68. The van der Waals surface area contributed by atoms with Crippen molar-refractivity contribution < 1.29 is 14.3 Å². The van der Waals surface area contributed by atoms with Crippen LogP contribution in [0.5, 0.6) is 0 Å². The van der Waals surface area contributed by atoms with Crippen molar-refractivity contribution in [2.45, 2.75) is 0 Å². The number of carboxylic acid groups (broad SMARTS) is 1. The summed E-state index contributed by atoms with van der Waals surface area (Å²) in [5, 5.41) is 14.9. The molecule has 0 radical (unpaired) electrons. The van der Waals surface area contributed by atoms with E-state index in [1.165, 1.54) is 24.3 Å². The van der Waals surface area contributed by atoms with E-state index in [1.807, 2.05) is 0 Å². The van der Waals surface area contributed by atoms with Crippen molar-refractivity contribution in [2.75, 3.05) is 0 Å². The Bertz CT molecular complexity index is 554. The third-order valence-corrected chi connectivity index (χ3v) is 2.67. The number of H-pyrrole nitrogens is 1. The topological polar surface area (TPSA) is 66.0 Å². The largest absolute Gasteiger partial charge is 0.477 e. The predicted molar refractivity (Wildman–Crippen MR) is 58.6 cm³/mol. The first kappa shape index (κ1) is 10.8. The molecule has 16 heavy (non-hydrogen) atoms. The molecule has 1 heterocycles. The summed E-state index contributed by atoms with van der Waals surface area (Å²) in [7, 11) is 0. The first-order chi connectivity index (χ1) is 7.58. The van der Waals surface area contributed by atoms with Crippen molar-refractivity contribution in [1.82, 2.24) is 10.2 Å². The van der Waals surface area contributed by atoms with Gasteiger partial charge in [-0.25, -0.2) is 9.18 Å². The van der Waals surface area contributed by atoms with Crippen LogP contribution in [0.2, 0.25) is 0 Å². The minimum Gasteiger partial charge on any atom is -0.477 e. The molecule has 82 valence electrons. The molecule has 2 rings (SSSR count). The fraction of sp³-hybridized carbons (Fsp3) is 0. The van der Waals surface area contributed by atoms with Crippen molar-refractivity contribution in [3.8, 4) is 11.3 Å². The molecule has 2 aromatic rings. The Labute approximate surface area is 98.2 Å². The molecule has 1 aromatic carbocycles. The minimum absolute atomic E-state index is 0.00812. The quantitative estimate of drug-likeness (QED) is 0.891. The number of hydrogen-bond acceptors (Lipinski definition) is 2. The SMILES string of the molecule is O=C(O)c1cc(-c2ccc(F)cc2Br)n[nH]1. The van der Waals surface area contributed by atoms with Crippen LogP contribution in [0.3, 0.4) is 0 Å². The molecule has 0 aliphatic carbocycles. The van der Waals surface area contributed by atoms with Gasteiger partial charge in [0.1, 0.15) is 11.5 Å². The number of carboxylic acids is 1. The van der Waals surface area contributed by atoms with Crippen LogP contribution in [-0.2, 0) is 0 Å². The van der Waals surface area contributed by atoms with Crippen molar-refractivity contribution in [3.63, 3.8) is 0 Å². The Balaban J connectivity index is 2.46. The minimum atomic E-state index is -1.09. The zero-order valence-electron chi connectivity index (χ0n) is 7.87. The summed E-state index contributed by atoms with van der Waals surface area (Å²) >= 11 is 3.19. The van der Waals surface area contributed by atoms with E-state index < -0.39 is 5.97 Å². The third-order valence-electron chi connectivity index (χ3n) is 2.02. The van der Waals surface area contributed by atoms with Gasteiger partial charge in [0.05, 0.1) is 5.69 Å². The molecule has 0 bridgehead atoms. The summed E-state index contributed by atoms with van der Waals surface area (Å²) in [4.78, 5) is 10.6. The number of benzene rings is 1. The molecule has 4 nitrogen and oxygen atoms in total. The Kier molecular flexibility index (Phi) is 2.74. The Morgan fingerprint density at radius 1 is 1.44 bits per heavy atom. The summed E-state index contributed by atoms with van der Waals surface area (Å²) in [5.41, 5.74) is 1.07. The van der Waals surface area contributed by atoms with Crippen LogP contribution in [0.4, 0.5) is 4.39 Å². The lowest BCUT2D eigenvalue weighted by Crippen LogP contribution is -1.95. The van der Waals surface area contributed by atoms with Crippen molar-refractivity contribution >= 4 is 21.9 Å². The fourth-order valence-electron chi connectivity index (χ4n) is 1.27. The van der Waals surface area contributed by atoms with Gasteiger partial charge < -0.3 is 5.11 Å². The van der Waals surface area contributed by atoms with Crippen molar-refractivity contribution in [1.29, 1.82) is 0 Å². The highest BCUT2D eigenvalue weighted by molar-refractivity contribution is 9.10. The van der Waals surface area contributed by atoms with Crippen LogP contribution < -0.4 is 0 Å². The number of halogens is 2. The van der Waals surface area contributed by atoms with E-state index in [4.69, 9.17) is 5.11 Å². The van der Waals surface area contributed by atoms with Gasteiger partial charge in [-0.2, -0.15) is 5.10 Å². The van der Waals surface area contributed by atoms with E-state index in [2.05, 4.69) is 26.1 Å². The molecule has 0 aliphatic heterocycles. The molecule has 6 heteroatoms. The number of hydrogen-bond donors (Lipinski definition) is 2. The Morgan fingerprint density at radius 2 is 2.19 bits per heavy atom. The lowest BCUT2D eigenvalue weighted by atomic mass is 10.1. The lowest BCUT2D eigenvalue weighted by Gasteiger charge is -1.99. The number of nitrogens with one attached hydrogen (secondary N) is 1. The van der Waals surface area contributed by atoms with E-state index >= 15 is 0 Å². The maximum absolute atomic E-state index is 12.8. The molecule has 1 aromatic heterocycles. The number of aromatic amines is 1. The molecule has 0 fully saturated rings. The molecule has 0 atom stereocenters. The standard InChI is InChI=1S/C10H6BrFN2O2/c11-7-3-5(12)1-2-6(7)8-4-9(10(15)16)14-13-8/h1-4H,(H,13,14)(H,15,16). The van der Waals surface area contributed by atoms with E-state index in [0.29, 0.717) is 15.7 Å². The molecule has 0 spiro atoms. The molecule has 0 aliphatic rings. The summed E-state index contributed by atoms with van der Waals surface area (Å²) in [5.74, 6) is -1.46. The number of carbonyl (C=O) groups is 1. The summed E-state index contributed by atoms with van der Waals surface area (Å²) < 4.78 is 13.4. The molecule has 0 unspecified atom stereocenters. The average molecular weight is 285 g/mol. The number of aromatic nitrogens is 2. The van der Waals surface area contributed by atoms with Gasteiger partial charge in [0.25, 0.3) is 0 Å². The fourth-order valence-corrected chi connectivity index (χ4v) is 1.82. The smallest absolute Gasteiger partial charge is 0.353 e. The molecule has 2 N–H and O–H groups in total. The molecule has 0 saturated heterocycles. The van der Waals surface area contributed by atoms with Crippen LogP contribution in [0, 0.1) is 5.82 Å². The zero-order valence-corrected chi connectivity index (χ0v) is 9.45. The van der Waals surface area contributed by atoms with Gasteiger partial charge in [-0.15, -0.1) is 0 Å². The highest BCUT2D eigenvalue weighted by Crippen LogP contribution is 2.27. The first-order valence-electron chi connectivity index (χ1n) is 4.32. The van der Waals surface area contributed by atoms with Gasteiger partial charge in [-0.3, -0.25) is 5.10 Å². The third kappa shape index (κ3) is 1.96. The normalized spacial score (nSPS) is 10.4. The van der Waals surface area contributed by atoms with Gasteiger partial charge in [0.15, 0.2) is 0 Å². The monoisotopic (exact) mass is 284 g/mol. The van der Waals surface area contributed by atoms with Crippen LogP contribution >= 0.6 is 15.9 Å². The van der Waals surface area contributed by atoms with Crippen LogP contribution in [0.15, 0.2) is 28.7 Å². The molecular weight excluding hydrogens is 279 g/mol.